The number of aromatic nitrogens is 1. The Bertz CT molecular complexity index is 622. The fourth-order valence-electron chi connectivity index (χ4n) is 1.76. The maximum absolute atomic E-state index is 11.4. The summed E-state index contributed by atoms with van der Waals surface area (Å²) in [5.41, 5.74) is 5.47. The zero-order valence-electron chi connectivity index (χ0n) is 10.4. The zero-order chi connectivity index (χ0) is 13.9. The number of benzene rings is 1. The van der Waals surface area contributed by atoms with E-state index in [4.69, 9.17) is 5.84 Å². The van der Waals surface area contributed by atoms with Gasteiger partial charge >= 0.3 is 0 Å². The van der Waals surface area contributed by atoms with Crippen LogP contribution in [0.3, 0.4) is 0 Å². The van der Waals surface area contributed by atoms with Crippen LogP contribution in [-0.2, 0) is 16.3 Å². The third kappa shape index (κ3) is 3.60. The van der Waals surface area contributed by atoms with Crippen LogP contribution in [-0.4, -0.2) is 19.7 Å². The molecule has 102 valence electrons. The molecule has 2 rings (SSSR count). The fraction of sp³-hybridized carbons (Fsp3) is 0.250. The fourth-order valence-corrected chi connectivity index (χ4v) is 3.04. The molecule has 0 radical (unpaired) electrons. The average Bonchev–Trinajstić information content (AvgIpc) is 2.88. The van der Waals surface area contributed by atoms with Crippen LogP contribution < -0.4 is 11.3 Å². The van der Waals surface area contributed by atoms with Gasteiger partial charge in [0, 0.05) is 23.8 Å². The van der Waals surface area contributed by atoms with E-state index in [0.717, 1.165) is 16.9 Å². The minimum Gasteiger partial charge on any atom is -0.271 e. The lowest BCUT2D eigenvalue weighted by Gasteiger charge is -2.15. The summed E-state index contributed by atoms with van der Waals surface area (Å²) in [6.45, 7) is 0. The molecule has 0 aliphatic rings. The van der Waals surface area contributed by atoms with Gasteiger partial charge in [-0.3, -0.25) is 16.3 Å². The van der Waals surface area contributed by atoms with E-state index in [2.05, 4.69) is 10.4 Å². The van der Waals surface area contributed by atoms with E-state index in [1.807, 2.05) is 0 Å². The lowest BCUT2D eigenvalue weighted by atomic mass is 10.0. The summed E-state index contributed by atoms with van der Waals surface area (Å²) in [5, 5.41) is 0. The second kappa shape index (κ2) is 5.79. The standard InChI is InChI=1S/C12H15N3O2S2/c1-19(16,17)11-4-2-9(3-5-11)12(15-13)6-10-7-14-8-18-10/h2-5,7-8,12,15H,6,13H2,1H3. The molecule has 1 heterocycles. The predicted octanol–water partition coefficient (Wildman–Crippen LogP) is 1.29. The van der Waals surface area contributed by atoms with E-state index < -0.39 is 9.84 Å². The highest BCUT2D eigenvalue weighted by Crippen LogP contribution is 2.21. The van der Waals surface area contributed by atoms with Crippen LogP contribution in [0.1, 0.15) is 16.5 Å². The van der Waals surface area contributed by atoms with E-state index in [1.165, 1.54) is 6.26 Å². The van der Waals surface area contributed by atoms with E-state index in [0.29, 0.717) is 4.90 Å². The monoisotopic (exact) mass is 297 g/mol. The summed E-state index contributed by atoms with van der Waals surface area (Å²) in [7, 11) is -3.16. The molecule has 2 aromatic rings. The number of hydrogen-bond acceptors (Lipinski definition) is 6. The van der Waals surface area contributed by atoms with Gasteiger partial charge in [-0.1, -0.05) is 12.1 Å². The van der Waals surface area contributed by atoms with Crippen LogP contribution in [0.5, 0.6) is 0 Å². The van der Waals surface area contributed by atoms with Gasteiger partial charge in [0.05, 0.1) is 16.4 Å². The Balaban J connectivity index is 2.20. The number of hydrogen-bond donors (Lipinski definition) is 2. The third-order valence-electron chi connectivity index (χ3n) is 2.80. The van der Waals surface area contributed by atoms with Crippen LogP contribution in [0.2, 0.25) is 0 Å². The van der Waals surface area contributed by atoms with Crippen LogP contribution in [0.4, 0.5) is 0 Å². The topological polar surface area (TPSA) is 85.1 Å². The number of nitrogens with one attached hydrogen (secondary N) is 1. The molecule has 1 aromatic heterocycles. The summed E-state index contributed by atoms with van der Waals surface area (Å²) in [6, 6.07) is 6.70. The summed E-state index contributed by atoms with van der Waals surface area (Å²) in [6.07, 6.45) is 3.72. The molecule has 19 heavy (non-hydrogen) atoms. The molecule has 7 heteroatoms. The van der Waals surface area contributed by atoms with Gasteiger partial charge in [-0.05, 0) is 17.7 Å². The van der Waals surface area contributed by atoms with Crippen LogP contribution in [0.15, 0.2) is 40.9 Å². The van der Waals surface area contributed by atoms with Crippen LogP contribution in [0, 0.1) is 0 Å². The molecule has 0 fully saturated rings. The maximum Gasteiger partial charge on any atom is 0.175 e. The van der Waals surface area contributed by atoms with Gasteiger partial charge in [-0.15, -0.1) is 11.3 Å². The zero-order valence-corrected chi connectivity index (χ0v) is 12.0. The Morgan fingerprint density at radius 2 is 2.05 bits per heavy atom. The molecule has 0 aliphatic heterocycles. The molecule has 1 atom stereocenters. The molecule has 0 saturated carbocycles. The molecule has 1 aromatic carbocycles. The van der Waals surface area contributed by atoms with E-state index in [9.17, 15) is 8.42 Å². The van der Waals surface area contributed by atoms with E-state index in [1.54, 1.807) is 47.3 Å². The Morgan fingerprint density at radius 3 is 2.53 bits per heavy atom. The minimum absolute atomic E-state index is 0.0611. The Labute approximate surface area is 116 Å². The van der Waals surface area contributed by atoms with E-state index in [-0.39, 0.29) is 6.04 Å². The molecule has 0 aliphatic carbocycles. The SMILES string of the molecule is CS(=O)(=O)c1ccc(C(Cc2cncs2)NN)cc1. The average molecular weight is 297 g/mol. The Hall–Kier alpha value is -1.28. The van der Waals surface area contributed by atoms with Gasteiger partial charge in [0.25, 0.3) is 0 Å². The quantitative estimate of drug-likeness (QED) is 0.642. The number of rotatable bonds is 5. The molecule has 0 saturated heterocycles. The number of thiazole rings is 1. The third-order valence-corrected chi connectivity index (χ3v) is 4.73. The predicted molar refractivity (Wildman–Crippen MR) is 75.4 cm³/mol. The molecule has 5 nitrogen and oxygen atoms in total. The number of nitrogens with two attached hydrogens (primary N) is 1. The first-order chi connectivity index (χ1) is 9.00. The summed E-state index contributed by atoms with van der Waals surface area (Å²) >= 11 is 1.57. The molecular weight excluding hydrogens is 282 g/mol. The largest absolute Gasteiger partial charge is 0.271 e. The van der Waals surface area contributed by atoms with E-state index >= 15 is 0 Å². The first-order valence-corrected chi connectivity index (χ1v) is 8.41. The summed E-state index contributed by atoms with van der Waals surface area (Å²) in [4.78, 5) is 5.45. The highest BCUT2D eigenvalue weighted by molar-refractivity contribution is 7.90. The summed E-state index contributed by atoms with van der Waals surface area (Å²) < 4.78 is 22.8. The van der Waals surface area contributed by atoms with Crippen molar-refractivity contribution in [3.8, 4) is 0 Å². The second-order valence-electron chi connectivity index (χ2n) is 4.23. The molecule has 0 amide bonds. The van der Waals surface area contributed by atoms with Gasteiger partial charge in [-0.2, -0.15) is 0 Å². The van der Waals surface area contributed by atoms with Gasteiger partial charge in [0.2, 0.25) is 0 Å². The highest BCUT2D eigenvalue weighted by atomic mass is 32.2. The van der Waals surface area contributed by atoms with Crippen molar-refractivity contribution in [2.24, 2.45) is 5.84 Å². The normalized spacial score (nSPS) is 13.4. The van der Waals surface area contributed by atoms with Crippen LogP contribution in [0.25, 0.3) is 0 Å². The maximum atomic E-state index is 11.4. The minimum atomic E-state index is -3.16. The molecule has 0 bridgehead atoms. The number of sulfone groups is 1. The Morgan fingerprint density at radius 1 is 1.37 bits per heavy atom. The molecule has 1 unspecified atom stereocenters. The van der Waals surface area contributed by atoms with Crippen molar-refractivity contribution in [3.05, 3.63) is 46.4 Å². The van der Waals surface area contributed by atoms with Crippen molar-refractivity contribution >= 4 is 21.2 Å². The first-order valence-electron chi connectivity index (χ1n) is 5.64. The molecular formula is C12H15N3O2S2. The van der Waals surface area contributed by atoms with Crippen molar-refractivity contribution in [1.29, 1.82) is 0 Å². The van der Waals surface area contributed by atoms with Crippen molar-refractivity contribution in [2.45, 2.75) is 17.4 Å². The Kier molecular flexibility index (Phi) is 4.31. The lowest BCUT2D eigenvalue weighted by molar-refractivity contribution is 0.554. The van der Waals surface area contributed by atoms with Crippen molar-refractivity contribution in [2.75, 3.05) is 6.26 Å². The molecule has 3 N–H and O–H groups in total. The number of hydrazine groups is 1. The van der Waals surface area contributed by atoms with Gasteiger partial charge < -0.3 is 0 Å². The smallest absolute Gasteiger partial charge is 0.175 e. The van der Waals surface area contributed by atoms with Crippen molar-refractivity contribution in [3.63, 3.8) is 0 Å². The van der Waals surface area contributed by atoms with Gasteiger partial charge in [-0.25, -0.2) is 8.42 Å². The number of nitrogens with zero attached hydrogens (tertiary/aromatic N) is 1. The lowest BCUT2D eigenvalue weighted by Crippen LogP contribution is -2.29. The summed E-state index contributed by atoms with van der Waals surface area (Å²) in [5.74, 6) is 5.56. The van der Waals surface area contributed by atoms with Gasteiger partial charge in [0.1, 0.15) is 0 Å². The first kappa shape index (κ1) is 14.1. The van der Waals surface area contributed by atoms with Crippen LogP contribution >= 0.6 is 11.3 Å². The van der Waals surface area contributed by atoms with Gasteiger partial charge in [0.15, 0.2) is 9.84 Å². The molecule has 0 spiro atoms. The van der Waals surface area contributed by atoms with Crippen molar-refractivity contribution in [1.82, 2.24) is 10.4 Å². The second-order valence-corrected chi connectivity index (χ2v) is 7.22. The highest BCUT2D eigenvalue weighted by Gasteiger charge is 2.13. The van der Waals surface area contributed by atoms with Crippen molar-refractivity contribution < 1.29 is 8.42 Å².